The Morgan fingerprint density at radius 2 is 1.88 bits per heavy atom. The summed E-state index contributed by atoms with van der Waals surface area (Å²) in [5.41, 5.74) is 3.08. The monoisotopic (exact) mass is 464 g/mol. The molecule has 0 bridgehead atoms. The lowest BCUT2D eigenvalue weighted by Gasteiger charge is -2.20. The number of hydrogen-bond donors (Lipinski definition) is 3. The number of pyridine rings is 1. The number of sulfonamides is 1. The SMILES string of the molecule is Cc1ccnc(NC(=O)C(Cc2ccccc2)NS(=O)(=O)c2ccc3c(c2)CCC(=O)N3)c1. The summed E-state index contributed by atoms with van der Waals surface area (Å²) in [6.45, 7) is 1.88. The first-order valence-electron chi connectivity index (χ1n) is 10.5. The zero-order valence-electron chi connectivity index (χ0n) is 18.0. The number of hydrogen-bond acceptors (Lipinski definition) is 5. The third kappa shape index (κ3) is 5.63. The van der Waals surface area contributed by atoms with E-state index in [0.717, 1.165) is 16.7 Å². The number of nitrogens with zero attached hydrogens (tertiary/aromatic N) is 1. The highest BCUT2D eigenvalue weighted by Gasteiger charge is 2.27. The first-order valence-corrected chi connectivity index (χ1v) is 12.0. The van der Waals surface area contributed by atoms with Crippen molar-refractivity contribution in [3.8, 4) is 0 Å². The molecule has 2 amide bonds. The van der Waals surface area contributed by atoms with E-state index in [2.05, 4.69) is 20.3 Å². The van der Waals surface area contributed by atoms with Gasteiger partial charge in [-0.05, 0) is 66.8 Å². The second kappa shape index (κ2) is 9.51. The van der Waals surface area contributed by atoms with E-state index in [1.165, 1.54) is 12.1 Å². The summed E-state index contributed by atoms with van der Waals surface area (Å²) in [4.78, 5) is 28.8. The lowest BCUT2D eigenvalue weighted by molar-refractivity contribution is -0.118. The van der Waals surface area contributed by atoms with Gasteiger partial charge in [-0.15, -0.1) is 0 Å². The van der Waals surface area contributed by atoms with Crippen LogP contribution in [0.25, 0.3) is 0 Å². The summed E-state index contributed by atoms with van der Waals surface area (Å²) >= 11 is 0. The number of nitrogens with one attached hydrogen (secondary N) is 3. The predicted octanol–water partition coefficient (Wildman–Crippen LogP) is 2.80. The third-order valence-corrected chi connectivity index (χ3v) is 6.82. The van der Waals surface area contributed by atoms with Crippen LogP contribution in [0.4, 0.5) is 11.5 Å². The average Bonchev–Trinajstić information content (AvgIpc) is 2.79. The van der Waals surface area contributed by atoms with Gasteiger partial charge in [-0.2, -0.15) is 4.72 Å². The molecule has 9 heteroatoms. The van der Waals surface area contributed by atoms with Crippen LogP contribution in [-0.4, -0.2) is 31.3 Å². The Hall–Kier alpha value is -3.56. The largest absolute Gasteiger partial charge is 0.326 e. The molecule has 2 heterocycles. The van der Waals surface area contributed by atoms with Crippen LogP contribution in [0, 0.1) is 6.92 Å². The van der Waals surface area contributed by atoms with E-state index in [9.17, 15) is 18.0 Å². The van der Waals surface area contributed by atoms with Crippen molar-refractivity contribution in [1.29, 1.82) is 0 Å². The maximum absolute atomic E-state index is 13.2. The van der Waals surface area contributed by atoms with Gasteiger partial charge in [-0.3, -0.25) is 9.59 Å². The second-order valence-corrected chi connectivity index (χ2v) is 9.65. The van der Waals surface area contributed by atoms with Crippen LogP contribution in [-0.2, 0) is 32.5 Å². The number of carbonyl (C=O) groups excluding carboxylic acids is 2. The van der Waals surface area contributed by atoms with E-state index >= 15 is 0 Å². The molecule has 1 unspecified atom stereocenters. The smallest absolute Gasteiger partial charge is 0.244 e. The van der Waals surface area contributed by atoms with Crippen molar-refractivity contribution < 1.29 is 18.0 Å². The molecule has 2 aromatic carbocycles. The molecule has 1 aromatic heterocycles. The summed E-state index contributed by atoms with van der Waals surface area (Å²) < 4.78 is 29.0. The minimum absolute atomic E-state index is 0.0388. The highest BCUT2D eigenvalue weighted by atomic mass is 32.2. The minimum atomic E-state index is -4.02. The average molecular weight is 465 g/mol. The number of aryl methyl sites for hydroxylation is 2. The van der Waals surface area contributed by atoms with Gasteiger partial charge in [-0.25, -0.2) is 13.4 Å². The van der Waals surface area contributed by atoms with Crippen LogP contribution >= 0.6 is 0 Å². The van der Waals surface area contributed by atoms with E-state index in [1.807, 2.05) is 37.3 Å². The molecule has 33 heavy (non-hydrogen) atoms. The highest BCUT2D eigenvalue weighted by molar-refractivity contribution is 7.89. The van der Waals surface area contributed by atoms with Gasteiger partial charge < -0.3 is 10.6 Å². The number of amides is 2. The summed E-state index contributed by atoms with van der Waals surface area (Å²) in [6.07, 6.45) is 2.50. The predicted molar refractivity (Wildman–Crippen MR) is 125 cm³/mol. The van der Waals surface area contributed by atoms with Gasteiger partial charge in [-0.1, -0.05) is 30.3 Å². The van der Waals surface area contributed by atoms with Crippen LogP contribution in [0.2, 0.25) is 0 Å². The molecule has 170 valence electrons. The molecule has 0 fully saturated rings. The van der Waals surface area contributed by atoms with Crippen molar-refractivity contribution in [2.45, 2.75) is 37.1 Å². The number of carbonyl (C=O) groups is 2. The van der Waals surface area contributed by atoms with Crippen LogP contribution in [0.15, 0.2) is 71.8 Å². The van der Waals surface area contributed by atoms with E-state index in [-0.39, 0.29) is 17.2 Å². The van der Waals surface area contributed by atoms with Crippen molar-refractivity contribution in [2.75, 3.05) is 10.6 Å². The Kier molecular flexibility index (Phi) is 6.52. The molecule has 0 radical (unpaired) electrons. The highest BCUT2D eigenvalue weighted by Crippen LogP contribution is 2.25. The van der Waals surface area contributed by atoms with Crippen molar-refractivity contribution >= 4 is 33.3 Å². The summed E-state index contributed by atoms with van der Waals surface area (Å²) in [5, 5.41) is 5.44. The zero-order chi connectivity index (χ0) is 23.4. The maximum Gasteiger partial charge on any atom is 0.244 e. The van der Waals surface area contributed by atoms with Crippen molar-refractivity contribution in [2.24, 2.45) is 0 Å². The molecule has 0 spiro atoms. The number of rotatable bonds is 7. The van der Waals surface area contributed by atoms with E-state index in [1.54, 1.807) is 24.4 Å². The Balaban J connectivity index is 1.59. The molecule has 0 saturated heterocycles. The van der Waals surface area contributed by atoms with Gasteiger partial charge in [0.25, 0.3) is 0 Å². The fourth-order valence-corrected chi connectivity index (χ4v) is 4.88. The lowest BCUT2D eigenvalue weighted by atomic mass is 10.0. The van der Waals surface area contributed by atoms with Gasteiger partial charge in [0, 0.05) is 18.3 Å². The number of anilines is 2. The summed E-state index contributed by atoms with van der Waals surface area (Å²) in [5.74, 6) is -0.256. The summed E-state index contributed by atoms with van der Waals surface area (Å²) in [6, 6.07) is 16.2. The minimum Gasteiger partial charge on any atom is -0.326 e. The second-order valence-electron chi connectivity index (χ2n) is 7.94. The molecule has 1 aliphatic heterocycles. The van der Waals surface area contributed by atoms with Gasteiger partial charge in [0.05, 0.1) is 4.90 Å². The van der Waals surface area contributed by atoms with E-state index < -0.39 is 22.0 Å². The van der Waals surface area contributed by atoms with Crippen LogP contribution in [0.5, 0.6) is 0 Å². The standard InChI is InChI=1S/C24H24N4O4S/c1-16-11-12-25-22(13-16)27-24(30)21(14-17-5-3-2-4-6-17)28-33(31,32)19-8-9-20-18(15-19)7-10-23(29)26-20/h2-6,8-9,11-13,15,21,28H,7,10,14H2,1H3,(H,26,29)(H,25,27,30). The molecule has 3 aromatic rings. The Morgan fingerprint density at radius 3 is 2.64 bits per heavy atom. The normalized spacial score (nSPS) is 14.2. The number of fused-ring (bicyclic) bond motifs is 1. The quantitative estimate of drug-likeness (QED) is 0.497. The fourth-order valence-electron chi connectivity index (χ4n) is 3.64. The van der Waals surface area contributed by atoms with Gasteiger partial charge >= 0.3 is 0 Å². The van der Waals surface area contributed by atoms with Crippen molar-refractivity contribution in [1.82, 2.24) is 9.71 Å². The van der Waals surface area contributed by atoms with E-state index in [4.69, 9.17) is 0 Å². The molecular formula is C24H24N4O4S. The zero-order valence-corrected chi connectivity index (χ0v) is 18.9. The van der Waals surface area contributed by atoms with Crippen LogP contribution in [0.1, 0.15) is 23.1 Å². The molecule has 1 atom stereocenters. The lowest BCUT2D eigenvalue weighted by Crippen LogP contribution is -2.45. The molecule has 3 N–H and O–H groups in total. The number of aromatic nitrogens is 1. The van der Waals surface area contributed by atoms with Gasteiger partial charge in [0.2, 0.25) is 21.8 Å². The Labute approximate surface area is 192 Å². The number of benzene rings is 2. The molecule has 0 aliphatic carbocycles. The topological polar surface area (TPSA) is 117 Å². The maximum atomic E-state index is 13.2. The van der Waals surface area contributed by atoms with E-state index in [0.29, 0.717) is 24.3 Å². The first kappa shape index (κ1) is 22.6. The van der Waals surface area contributed by atoms with Gasteiger partial charge in [0.15, 0.2) is 0 Å². The van der Waals surface area contributed by atoms with Crippen LogP contribution < -0.4 is 15.4 Å². The molecule has 8 nitrogen and oxygen atoms in total. The van der Waals surface area contributed by atoms with Gasteiger partial charge in [0.1, 0.15) is 11.9 Å². The third-order valence-electron chi connectivity index (χ3n) is 5.35. The Bertz CT molecular complexity index is 1290. The first-order chi connectivity index (χ1) is 15.8. The summed E-state index contributed by atoms with van der Waals surface area (Å²) in [7, 11) is -4.02. The molecule has 1 aliphatic rings. The molecule has 4 rings (SSSR count). The Morgan fingerprint density at radius 1 is 1.09 bits per heavy atom. The van der Waals surface area contributed by atoms with Crippen molar-refractivity contribution in [3.05, 3.63) is 83.6 Å². The molecular weight excluding hydrogens is 440 g/mol. The molecule has 0 saturated carbocycles. The van der Waals surface area contributed by atoms with Crippen LogP contribution in [0.3, 0.4) is 0 Å². The fraction of sp³-hybridized carbons (Fsp3) is 0.208. The van der Waals surface area contributed by atoms with Crippen molar-refractivity contribution in [3.63, 3.8) is 0 Å².